The molecule has 3 nitrogen and oxygen atoms in total. The topological polar surface area (TPSA) is 57.5 Å². The van der Waals surface area contributed by atoms with Crippen LogP contribution >= 0.6 is 0 Å². The van der Waals surface area contributed by atoms with Gasteiger partial charge in [-0.1, -0.05) is 6.07 Å². The molecule has 1 saturated carbocycles. The first-order valence-electron chi connectivity index (χ1n) is 5.22. The van der Waals surface area contributed by atoms with Crippen LogP contribution in [0, 0.1) is 0 Å². The Hall–Kier alpha value is -1.35. The Bertz CT molecular complexity index is 438. The molecule has 0 heterocycles. The monoisotopic (exact) mass is 204 g/mol. The third-order valence-electron chi connectivity index (χ3n) is 3.70. The van der Waals surface area contributed by atoms with Crippen molar-refractivity contribution in [1.82, 2.24) is 0 Å². The third kappa shape index (κ3) is 1.13. The van der Waals surface area contributed by atoms with Crippen molar-refractivity contribution >= 4 is 5.97 Å². The highest BCUT2D eigenvalue weighted by Gasteiger charge is 2.43. The Labute approximate surface area is 87.4 Å². The first-order chi connectivity index (χ1) is 7.16. The molecule has 2 aliphatic rings. The fourth-order valence-electron chi connectivity index (χ4n) is 3.00. The summed E-state index contributed by atoms with van der Waals surface area (Å²) >= 11 is 0. The van der Waals surface area contributed by atoms with E-state index in [1.54, 1.807) is 12.1 Å². The van der Waals surface area contributed by atoms with Crippen molar-refractivity contribution in [2.75, 3.05) is 0 Å². The van der Waals surface area contributed by atoms with Gasteiger partial charge in [0.2, 0.25) is 0 Å². The number of carboxylic acids is 1. The minimum Gasteiger partial charge on any atom is -0.478 e. The number of hydrogen-bond donors (Lipinski definition) is 2. The van der Waals surface area contributed by atoms with Crippen LogP contribution < -0.4 is 0 Å². The lowest BCUT2D eigenvalue weighted by Gasteiger charge is -2.20. The number of fused-ring (bicyclic) bond motifs is 5. The molecule has 0 saturated heterocycles. The van der Waals surface area contributed by atoms with Gasteiger partial charge in [0.05, 0.1) is 11.7 Å². The van der Waals surface area contributed by atoms with Gasteiger partial charge in [-0.2, -0.15) is 0 Å². The molecule has 2 N–H and O–H groups in total. The number of aliphatic hydroxyl groups excluding tert-OH is 1. The molecule has 15 heavy (non-hydrogen) atoms. The smallest absolute Gasteiger partial charge is 0.335 e. The number of carboxylic acid groups (broad SMARTS) is 1. The van der Waals surface area contributed by atoms with Crippen LogP contribution in [0.4, 0.5) is 0 Å². The first-order valence-corrected chi connectivity index (χ1v) is 5.22. The highest BCUT2D eigenvalue weighted by Crippen LogP contribution is 2.53. The van der Waals surface area contributed by atoms with Gasteiger partial charge in [-0.25, -0.2) is 4.79 Å². The molecule has 0 spiro atoms. The van der Waals surface area contributed by atoms with E-state index in [9.17, 15) is 9.90 Å². The zero-order valence-electron chi connectivity index (χ0n) is 8.18. The Balaban J connectivity index is 2.09. The van der Waals surface area contributed by atoms with Gasteiger partial charge in [-0.15, -0.1) is 0 Å². The Morgan fingerprint density at radius 1 is 1.27 bits per heavy atom. The van der Waals surface area contributed by atoms with E-state index >= 15 is 0 Å². The van der Waals surface area contributed by atoms with Gasteiger partial charge in [-0.3, -0.25) is 0 Å². The van der Waals surface area contributed by atoms with Crippen LogP contribution in [0.5, 0.6) is 0 Å². The highest BCUT2D eigenvalue weighted by molar-refractivity contribution is 5.88. The molecule has 0 radical (unpaired) electrons. The van der Waals surface area contributed by atoms with Gasteiger partial charge in [0.25, 0.3) is 0 Å². The molecule has 1 aromatic rings. The summed E-state index contributed by atoms with van der Waals surface area (Å²) in [6.07, 6.45) is 1.55. The van der Waals surface area contributed by atoms with Gasteiger partial charge in [-0.05, 0) is 42.0 Å². The first kappa shape index (κ1) is 8.92. The quantitative estimate of drug-likeness (QED) is 0.732. The van der Waals surface area contributed by atoms with Crippen molar-refractivity contribution in [3.8, 4) is 0 Å². The summed E-state index contributed by atoms with van der Waals surface area (Å²) in [5.74, 6) is -0.256. The van der Waals surface area contributed by atoms with E-state index in [4.69, 9.17) is 5.11 Å². The number of hydrogen-bond acceptors (Lipinski definition) is 2. The molecule has 0 aromatic heterocycles. The fraction of sp³-hybridized carbons (Fsp3) is 0.417. The standard InChI is InChI=1S/C12H12O3/c13-11-5-7-4-10(11)8-2-1-6(12(14)15)3-9(7)8/h1-3,7,10-11,13H,4-5H2,(H,14,15)/t7-,10-,11-/m1/s1. The second-order valence-electron chi connectivity index (χ2n) is 4.49. The van der Waals surface area contributed by atoms with Crippen molar-refractivity contribution in [2.24, 2.45) is 0 Å². The Morgan fingerprint density at radius 3 is 2.80 bits per heavy atom. The summed E-state index contributed by atoms with van der Waals surface area (Å²) in [4.78, 5) is 10.8. The van der Waals surface area contributed by atoms with Gasteiger partial charge in [0, 0.05) is 5.92 Å². The van der Waals surface area contributed by atoms with Crippen LogP contribution in [0.25, 0.3) is 0 Å². The number of aliphatic hydroxyl groups is 1. The molecule has 3 heteroatoms. The van der Waals surface area contributed by atoms with Gasteiger partial charge in [0.15, 0.2) is 0 Å². The zero-order chi connectivity index (χ0) is 10.6. The SMILES string of the molecule is O=C(O)c1ccc2c(c1)[C@H]1C[C@@H](O)[C@@H]2C1. The Morgan fingerprint density at radius 2 is 2.07 bits per heavy atom. The largest absolute Gasteiger partial charge is 0.478 e. The van der Waals surface area contributed by atoms with Crippen molar-refractivity contribution in [3.05, 3.63) is 34.9 Å². The third-order valence-corrected chi connectivity index (χ3v) is 3.70. The number of benzene rings is 1. The highest BCUT2D eigenvalue weighted by atomic mass is 16.4. The van der Waals surface area contributed by atoms with Crippen LogP contribution in [0.2, 0.25) is 0 Å². The molecular formula is C12H12O3. The summed E-state index contributed by atoms with van der Waals surface area (Å²) < 4.78 is 0. The summed E-state index contributed by atoms with van der Waals surface area (Å²) in [5.41, 5.74) is 2.66. The fourth-order valence-corrected chi connectivity index (χ4v) is 3.00. The van der Waals surface area contributed by atoms with Crippen molar-refractivity contribution in [2.45, 2.75) is 30.8 Å². The molecule has 0 aliphatic heterocycles. The Kier molecular flexibility index (Phi) is 1.68. The maximum atomic E-state index is 10.8. The zero-order valence-corrected chi connectivity index (χ0v) is 8.18. The molecule has 0 unspecified atom stereocenters. The van der Waals surface area contributed by atoms with Crippen LogP contribution in [0.15, 0.2) is 18.2 Å². The molecule has 0 amide bonds. The minimum absolute atomic E-state index is 0.224. The van der Waals surface area contributed by atoms with Gasteiger partial charge in [0.1, 0.15) is 0 Å². The number of rotatable bonds is 1. The maximum absolute atomic E-state index is 10.8. The van der Waals surface area contributed by atoms with Crippen molar-refractivity contribution < 1.29 is 15.0 Å². The van der Waals surface area contributed by atoms with E-state index in [0.717, 1.165) is 24.0 Å². The molecule has 78 valence electrons. The lowest BCUT2D eigenvalue weighted by Crippen LogP contribution is -2.15. The van der Waals surface area contributed by atoms with Crippen LogP contribution in [-0.4, -0.2) is 22.3 Å². The van der Waals surface area contributed by atoms with Crippen LogP contribution in [-0.2, 0) is 0 Å². The van der Waals surface area contributed by atoms with Crippen molar-refractivity contribution in [3.63, 3.8) is 0 Å². The number of aromatic carboxylic acids is 1. The number of carbonyl (C=O) groups is 1. The van der Waals surface area contributed by atoms with E-state index < -0.39 is 5.97 Å². The predicted molar refractivity (Wildman–Crippen MR) is 54.1 cm³/mol. The second kappa shape index (κ2) is 2.83. The molecule has 2 aliphatic carbocycles. The summed E-state index contributed by atoms with van der Waals surface area (Å²) in [6.45, 7) is 0. The van der Waals surface area contributed by atoms with Crippen molar-refractivity contribution in [1.29, 1.82) is 0 Å². The lowest BCUT2D eigenvalue weighted by atomic mass is 9.89. The average molecular weight is 204 g/mol. The van der Waals surface area contributed by atoms with Gasteiger partial charge < -0.3 is 10.2 Å². The van der Waals surface area contributed by atoms with Gasteiger partial charge >= 0.3 is 5.97 Å². The van der Waals surface area contributed by atoms with E-state index in [-0.39, 0.29) is 12.0 Å². The van der Waals surface area contributed by atoms with Crippen LogP contribution in [0.3, 0.4) is 0 Å². The molecule has 3 atom stereocenters. The summed E-state index contributed by atoms with van der Waals surface area (Å²) in [7, 11) is 0. The molecule has 3 rings (SSSR count). The molecular weight excluding hydrogens is 192 g/mol. The molecule has 1 fully saturated rings. The van der Waals surface area contributed by atoms with Crippen LogP contribution in [0.1, 0.15) is 46.2 Å². The lowest BCUT2D eigenvalue weighted by molar-refractivity contribution is 0.0696. The van der Waals surface area contributed by atoms with E-state index in [1.165, 1.54) is 0 Å². The normalized spacial score (nSPS) is 31.7. The summed E-state index contributed by atoms with van der Waals surface area (Å²) in [5, 5.41) is 18.6. The second-order valence-corrected chi connectivity index (χ2v) is 4.49. The maximum Gasteiger partial charge on any atom is 0.335 e. The summed E-state index contributed by atoms with van der Waals surface area (Å²) in [6, 6.07) is 5.27. The minimum atomic E-state index is -0.874. The average Bonchev–Trinajstić information content (AvgIpc) is 2.74. The molecule has 2 bridgehead atoms. The van der Waals surface area contributed by atoms with E-state index in [0.29, 0.717) is 11.5 Å². The van der Waals surface area contributed by atoms with E-state index in [1.807, 2.05) is 6.07 Å². The van der Waals surface area contributed by atoms with E-state index in [2.05, 4.69) is 0 Å². The predicted octanol–water partition coefficient (Wildman–Crippen LogP) is 1.72. The molecule has 1 aromatic carbocycles.